The highest BCUT2D eigenvalue weighted by atomic mass is 16.4. The lowest BCUT2D eigenvalue weighted by molar-refractivity contribution is -0.150. The van der Waals surface area contributed by atoms with E-state index in [2.05, 4.69) is 16.0 Å². The van der Waals surface area contributed by atoms with E-state index in [-0.39, 0.29) is 31.2 Å². The number of carbonyl (C=O) groups excluding carboxylic acids is 5. The van der Waals surface area contributed by atoms with Gasteiger partial charge in [0.2, 0.25) is 23.5 Å². The Labute approximate surface area is 251 Å². The van der Waals surface area contributed by atoms with E-state index in [1.165, 1.54) is 11.8 Å². The van der Waals surface area contributed by atoms with Gasteiger partial charge < -0.3 is 26.0 Å². The maximum absolute atomic E-state index is 13.3. The van der Waals surface area contributed by atoms with Crippen molar-refractivity contribution < 1.29 is 33.9 Å². The minimum Gasteiger partial charge on any atom is -0.480 e. The standard InChI is InChI=1S/C32H40N4O7/c1-4-20(2)27(31(41)36-17-11-16-25(36)32(42)43)35-30(40)28(38)21(3)33-29(39)24(18-22-12-7-5-8-13-22)34-26(37)19-23-14-9-6-10-15-23/h5-10,12-15,20-21,24-25,27H,4,11,16-19H2,1-3H3,(H,33,39)(H,34,37)(H,35,40)(H,42,43)/t20-,21?,24+,25?,27+/m1/s1. The molecule has 2 unspecified atom stereocenters. The van der Waals surface area contributed by atoms with E-state index in [0.717, 1.165) is 11.1 Å². The van der Waals surface area contributed by atoms with E-state index in [1.54, 1.807) is 19.1 Å². The number of nitrogens with zero attached hydrogens (tertiary/aromatic N) is 1. The molecule has 11 heteroatoms. The molecule has 2 aromatic carbocycles. The third kappa shape index (κ3) is 9.22. The van der Waals surface area contributed by atoms with Crippen molar-refractivity contribution in [1.82, 2.24) is 20.9 Å². The number of amides is 4. The predicted molar refractivity (Wildman–Crippen MR) is 159 cm³/mol. The van der Waals surface area contributed by atoms with Crippen molar-refractivity contribution in [3.63, 3.8) is 0 Å². The maximum atomic E-state index is 13.3. The first-order valence-electron chi connectivity index (χ1n) is 14.6. The Morgan fingerprint density at radius 1 is 0.884 bits per heavy atom. The summed E-state index contributed by atoms with van der Waals surface area (Å²) in [7, 11) is 0. The lowest BCUT2D eigenvalue weighted by Crippen LogP contribution is -2.58. The van der Waals surface area contributed by atoms with Gasteiger partial charge >= 0.3 is 5.97 Å². The topological polar surface area (TPSA) is 162 Å². The molecule has 4 amide bonds. The van der Waals surface area contributed by atoms with Crippen LogP contribution >= 0.6 is 0 Å². The second-order valence-electron chi connectivity index (χ2n) is 10.9. The summed E-state index contributed by atoms with van der Waals surface area (Å²) in [6.07, 6.45) is 1.55. The van der Waals surface area contributed by atoms with E-state index in [9.17, 15) is 33.9 Å². The van der Waals surface area contributed by atoms with Crippen LogP contribution < -0.4 is 16.0 Å². The number of nitrogens with one attached hydrogen (secondary N) is 3. The van der Waals surface area contributed by atoms with Crippen LogP contribution in [0.2, 0.25) is 0 Å². The van der Waals surface area contributed by atoms with Gasteiger partial charge in [-0.25, -0.2) is 4.79 Å². The van der Waals surface area contributed by atoms with Crippen molar-refractivity contribution in [2.75, 3.05) is 6.54 Å². The van der Waals surface area contributed by atoms with E-state index in [1.807, 2.05) is 55.5 Å². The Bertz CT molecular complexity index is 1300. The Hall–Kier alpha value is -4.54. The number of carbonyl (C=O) groups is 6. The van der Waals surface area contributed by atoms with Gasteiger partial charge in [-0.05, 0) is 36.8 Å². The Kier molecular flexibility index (Phi) is 12.0. The van der Waals surface area contributed by atoms with E-state index < -0.39 is 53.6 Å². The number of aliphatic carboxylic acids is 1. The fourth-order valence-corrected chi connectivity index (χ4v) is 5.02. The minimum atomic E-state index is -1.26. The van der Waals surface area contributed by atoms with Crippen LogP contribution in [0.4, 0.5) is 0 Å². The molecule has 0 aromatic heterocycles. The molecule has 3 rings (SSSR count). The number of ketones is 1. The van der Waals surface area contributed by atoms with Gasteiger partial charge in [-0.2, -0.15) is 0 Å². The Balaban J connectivity index is 1.68. The number of hydrogen-bond acceptors (Lipinski definition) is 6. The van der Waals surface area contributed by atoms with Gasteiger partial charge in [0.25, 0.3) is 5.91 Å². The monoisotopic (exact) mass is 592 g/mol. The van der Waals surface area contributed by atoms with Crippen LogP contribution in [-0.4, -0.2) is 76.1 Å². The van der Waals surface area contributed by atoms with Gasteiger partial charge in [-0.1, -0.05) is 80.9 Å². The van der Waals surface area contributed by atoms with Crippen LogP contribution in [-0.2, 0) is 41.6 Å². The molecular weight excluding hydrogens is 552 g/mol. The normalized spacial score (nSPS) is 17.2. The average Bonchev–Trinajstić information content (AvgIpc) is 3.50. The number of benzene rings is 2. The number of carboxylic acid groups (broad SMARTS) is 1. The van der Waals surface area contributed by atoms with Crippen molar-refractivity contribution in [2.24, 2.45) is 5.92 Å². The van der Waals surface area contributed by atoms with Crippen molar-refractivity contribution >= 4 is 35.4 Å². The highest BCUT2D eigenvalue weighted by molar-refractivity contribution is 6.38. The summed E-state index contributed by atoms with van der Waals surface area (Å²) in [5.41, 5.74) is 1.56. The van der Waals surface area contributed by atoms with Crippen molar-refractivity contribution in [1.29, 1.82) is 0 Å². The summed E-state index contributed by atoms with van der Waals surface area (Å²) >= 11 is 0. The molecule has 1 aliphatic heterocycles. The van der Waals surface area contributed by atoms with Gasteiger partial charge in [-0.15, -0.1) is 0 Å². The second kappa shape index (κ2) is 15.6. The van der Waals surface area contributed by atoms with Crippen LogP contribution in [0, 0.1) is 5.92 Å². The Morgan fingerprint density at radius 3 is 2.07 bits per heavy atom. The predicted octanol–water partition coefficient (Wildman–Crippen LogP) is 1.64. The molecule has 4 N–H and O–H groups in total. The molecule has 5 atom stereocenters. The van der Waals surface area contributed by atoms with Gasteiger partial charge in [0.15, 0.2) is 0 Å². The lowest BCUT2D eigenvalue weighted by atomic mass is 9.97. The molecule has 43 heavy (non-hydrogen) atoms. The third-order valence-electron chi connectivity index (χ3n) is 7.70. The molecule has 2 aromatic rings. The van der Waals surface area contributed by atoms with Crippen LogP contribution in [0.25, 0.3) is 0 Å². The number of Topliss-reactive ketones (excluding diaryl/α,β-unsaturated/α-hetero) is 1. The molecule has 1 saturated heterocycles. The van der Waals surface area contributed by atoms with Gasteiger partial charge in [0.1, 0.15) is 18.1 Å². The SMILES string of the molecule is CC[C@@H](C)[C@H](NC(=O)C(=O)C(C)NC(=O)[C@H](Cc1ccccc1)NC(=O)Cc1ccccc1)C(=O)N1CCCC1C(=O)O. The Morgan fingerprint density at radius 2 is 1.49 bits per heavy atom. The van der Waals surface area contributed by atoms with Crippen molar-refractivity contribution in [3.8, 4) is 0 Å². The second-order valence-corrected chi connectivity index (χ2v) is 10.9. The number of likely N-dealkylation sites (tertiary alicyclic amines) is 1. The summed E-state index contributed by atoms with van der Waals surface area (Å²) in [5.74, 6) is -5.11. The fourth-order valence-electron chi connectivity index (χ4n) is 5.02. The molecule has 230 valence electrons. The molecular formula is C32H40N4O7. The van der Waals surface area contributed by atoms with Crippen LogP contribution in [0.5, 0.6) is 0 Å². The summed E-state index contributed by atoms with van der Waals surface area (Å²) in [6, 6.07) is 13.8. The number of rotatable bonds is 14. The molecule has 1 heterocycles. The average molecular weight is 593 g/mol. The van der Waals surface area contributed by atoms with E-state index in [0.29, 0.717) is 19.3 Å². The number of hydrogen-bond donors (Lipinski definition) is 4. The molecule has 0 aliphatic carbocycles. The smallest absolute Gasteiger partial charge is 0.326 e. The van der Waals surface area contributed by atoms with E-state index in [4.69, 9.17) is 0 Å². The van der Waals surface area contributed by atoms with Crippen LogP contribution in [0.1, 0.15) is 51.2 Å². The highest BCUT2D eigenvalue weighted by Gasteiger charge is 2.40. The first-order valence-corrected chi connectivity index (χ1v) is 14.6. The van der Waals surface area contributed by atoms with Crippen molar-refractivity contribution in [3.05, 3.63) is 71.8 Å². The molecule has 1 fully saturated rings. The first-order chi connectivity index (χ1) is 20.5. The van der Waals surface area contributed by atoms with Gasteiger partial charge in [-0.3, -0.25) is 24.0 Å². The zero-order chi connectivity index (χ0) is 31.5. The summed E-state index contributed by atoms with van der Waals surface area (Å²) in [4.78, 5) is 78.3. The highest BCUT2D eigenvalue weighted by Crippen LogP contribution is 2.21. The molecule has 1 aliphatic rings. The largest absolute Gasteiger partial charge is 0.480 e. The maximum Gasteiger partial charge on any atom is 0.326 e. The summed E-state index contributed by atoms with van der Waals surface area (Å²) < 4.78 is 0. The number of carboxylic acids is 1. The third-order valence-corrected chi connectivity index (χ3v) is 7.70. The molecule has 0 bridgehead atoms. The van der Waals surface area contributed by atoms with Crippen LogP contribution in [0.3, 0.4) is 0 Å². The fraction of sp³-hybridized carbons (Fsp3) is 0.438. The summed E-state index contributed by atoms with van der Waals surface area (Å²) in [5, 5.41) is 17.3. The van der Waals surface area contributed by atoms with E-state index >= 15 is 0 Å². The minimum absolute atomic E-state index is 0.0566. The first kappa shape index (κ1) is 33.0. The summed E-state index contributed by atoms with van der Waals surface area (Å²) in [6.45, 7) is 5.15. The molecule has 0 saturated carbocycles. The zero-order valence-corrected chi connectivity index (χ0v) is 24.7. The quantitative estimate of drug-likeness (QED) is 0.243. The molecule has 11 nitrogen and oxygen atoms in total. The van der Waals surface area contributed by atoms with Gasteiger partial charge in [0, 0.05) is 13.0 Å². The van der Waals surface area contributed by atoms with Crippen molar-refractivity contribution in [2.45, 2.75) is 77.0 Å². The van der Waals surface area contributed by atoms with Crippen LogP contribution in [0.15, 0.2) is 60.7 Å². The zero-order valence-electron chi connectivity index (χ0n) is 24.7. The van der Waals surface area contributed by atoms with Gasteiger partial charge in [0.05, 0.1) is 12.5 Å². The lowest BCUT2D eigenvalue weighted by Gasteiger charge is -2.30. The molecule has 0 spiro atoms. The molecule has 0 radical (unpaired) electrons.